The molecule has 0 amide bonds. The van der Waals surface area contributed by atoms with Crippen LogP contribution in [0.3, 0.4) is 0 Å². The van der Waals surface area contributed by atoms with Crippen LogP contribution in [-0.4, -0.2) is 53.6 Å². The Labute approximate surface area is 177 Å². The summed E-state index contributed by atoms with van der Waals surface area (Å²) in [7, 11) is -1.96. The Morgan fingerprint density at radius 2 is 1.97 bits per heavy atom. The average molecular weight is 437 g/mol. The highest BCUT2D eigenvalue weighted by Crippen LogP contribution is 2.45. The van der Waals surface area contributed by atoms with Gasteiger partial charge in [0.25, 0.3) is 5.56 Å². The molecule has 2 aromatic heterocycles. The summed E-state index contributed by atoms with van der Waals surface area (Å²) in [5.74, 6) is -0.678. The number of nitrogens with one attached hydrogen (secondary N) is 1. The maximum Gasteiger partial charge on any atom is 0.261 e. The molecule has 0 aromatic carbocycles. The molecule has 166 valence electrons. The Balaban J connectivity index is 1.65. The van der Waals surface area contributed by atoms with Crippen molar-refractivity contribution in [2.24, 2.45) is 0 Å². The van der Waals surface area contributed by atoms with Crippen molar-refractivity contribution in [1.82, 2.24) is 14.5 Å². The van der Waals surface area contributed by atoms with Crippen LogP contribution in [-0.2, 0) is 18.6 Å². The lowest BCUT2D eigenvalue weighted by atomic mass is 10.1. The van der Waals surface area contributed by atoms with Crippen molar-refractivity contribution in [3.63, 3.8) is 0 Å². The Kier molecular flexibility index (Phi) is 4.94. The maximum atomic E-state index is 12.2. The van der Waals surface area contributed by atoms with Crippen molar-refractivity contribution >= 4 is 25.3 Å². The first kappa shape index (κ1) is 21.5. The monoisotopic (exact) mass is 436 g/mol. The van der Waals surface area contributed by atoms with E-state index in [4.69, 9.17) is 24.4 Å². The lowest BCUT2D eigenvalue weighted by Crippen LogP contribution is -2.44. The van der Waals surface area contributed by atoms with E-state index in [2.05, 4.69) is 43.8 Å². The second kappa shape index (κ2) is 6.89. The molecule has 0 aliphatic carbocycles. The third-order valence-electron chi connectivity index (χ3n) is 6.41. The number of nitrogen functional groups attached to an aromatic ring is 1. The van der Waals surface area contributed by atoms with Gasteiger partial charge in [0.2, 0.25) is 5.95 Å². The zero-order chi connectivity index (χ0) is 22.1. The summed E-state index contributed by atoms with van der Waals surface area (Å²) in [6.07, 6.45) is 0.334. The molecular formula is C20H32N4O5Si. The molecule has 3 N–H and O–H groups in total. The summed E-state index contributed by atoms with van der Waals surface area (Å²) in [5.41, 5.74) is 5.95. The zero-order valence-electron chi connectivity index (χ0n) is 18.7. The van der Waals surface area contributed by atoms with Gasteiger partial charge in [0.15, 0.2) is 26.0 Å². The van der Waals surface area contributed by atoms with Gasteiger partial charge in [-0.1, -0.05) is 20.8 Å². The first-order valence-corrected chi connectivity index (χ1v) is 13.2. The SMILES string of the molecule is CC1(C)OC2C(O1)[C@@H](CO[Si](C)(C)C(C)(C)C)O[C@H]2n1ccc2c(=O)[nH]c(N)nc21. The maximum absolute atomic E-state index is 12.2. The topological polar surface area (TPSA) is 114 Å². The van der Waals surface area contributed by atoms with Crippen LogP contribution in [0.5, 0.6) is 0 Å². The van der Waals surface area contributed by atoms with Crippen LogP contribution in [0.25, 0.3) is 11.0 Å². The summed E-state index contributed by atoms with van der Waals surface area (Å²) in [6, 6.07) is 1.71. The predicted molar refractivity (Wildman–Crippen MR) is 116 cm³/mol. The summed E-state index contributed by atoms with van der Waals surface area (Å²) in [5, 5.41) is 0.541. The van der Waals surface area contributed by atoms with Gasteiger partial charge >= 0.3 is 0 Å². The standard InChI is InChI=1S/C20H32N4O5Si/c1-19(2,3)30(6,7)26-10-12-13-14(29-20(4,5)28-13)17(27-12)24-9-8-11-15(24)22-18(21)23-16(11)25/h8-9,12-14,17H,10H2,1-7H3,(H3,21,22,23,25)/t12-,13?,14?,17-/m1/s1. The Morgan fingerprint density at radius 3 is 2.63 bits per heavy atom. The molecule has 4 heterocycles. The van der Waals surface area contributed by atoms with Gasteiger partial charge in [0.1, 0.15) is 18.3 Å². The summed E-state index contributed by atoms with van der Waals surface area (Å²) < 4.78 is 27.0. The van der Waals surface area contributed by atoms with Gasteiger partial charge in [-0.3, -0.25) is 9.78 Å². The van der Waals surface area contributed by atoms with Gasteiger partial charge in [0, 0.05) is 6.20 Å². The Hall–Kier alpha value is -1.72. The molecule has 2 unspecified atom stereocenters. The molecule has 10 heteroatoms. The number of anilines is 1. The molecule has 2 aromatic rings. The molecule has 2 aliphatic heterocycles. The van der Waals surface area contributed by atoms with E-state index in [1.165, 1.54) is 0 Å². The number of hydrogen-bond acceptors (Lipinski definition) is 7. The molecular weight excluding hydrogens is 404 g/mol. The highest BCUT2D eigenvalue weighted by molar-refractivity contribution is 6.74. The minimum atomic E-state index is -1.96. The van der Waals surface area contributed by atoms with Crippen molar-refractivity contribution in [3.05, 3.63) is 22.6 Å². The van der Waals surface area contributed by atoms with Crippen molar-refractivity contribution in [1.29, 1.82) is 0 Å². The molecule has 4 atom stereocenters. The smallest absolute Gasteiger partial charge is 0.261 e. The van der Waals surface area contributed by atoms with E-state index >= 15 is 0 Å². The van der Waals surface area contributed by atoms with Gasteiger partial charge < -0.3 is 28.9 Å². The highest BCUT2D eigenvalue weighted by Gasteiger charge is 2.56. The second-order valence-corrected chi connectivity index (χ2v) is 14.9. The lowest BCUT2D eigenvalue weighted by Gasteiger charge is -2.37. The van der Waals surface area contributed by atoms with Crippen LogP contribution in [0.4, 0.5) is 5.95 Å². The number of aromatic amines is 1. The first-order valence-electron chi connectivity index (χ1n) is 10.3. The van der Waals surface area contributed by atoms with Gasteiger partial charge in [-0.15, -0.1) is 0 Å². The molecule has 4 rings (SSSR count). The summed E-state index contributed by atoms with van der Waals surface area (Å²) in [6.45, 7) is 15.2. The van der Waals surface area contributed by atoms with Crippen molar-refractivity contribution in [2.45, 2.75) is 83.1 Å². The highest BCUT2D eigenvalue weighted by atomic mass is 28.4. The number of aromatic nitrogens is 3. The van der Waals surface area contributed by atoms with Crippen molar-refractivity contribution < 1.29 is 18.6 Å². The van der Waals surface area contributed by atoms with Gasteiger partial charge in [-0.2, -0.15) is 4.98 Å². The molecule has 0 saturated carbocycles. The molecule has 30 heavy (non-hydrogen) atoms. The molecule has 2 saturated heterocycles. The van der Waals surface area contributed by atoms with E-state index in [1.54, 1.807) is 16.8 Å². The van der Waals surface area contributed by atoms with E-state index in [0.717, 1.165) is 0 Å². The normalized spacial score (nSPS) is 28.9. The van der Waals surface area contributed by atoms with E-state index in [0.29, 0.717) is 17.6 Å². The van der Waals surface area contributed by atoms with Crippen LogP contribution in [0.1, 0.15) is 40.8 Å². The lowest BCUT2D eigenvalue weighted by molar-refractivity contribution is -0.199. The fourth-order valence-corrected chi connectivity index (χ4v) is 4.80. The number of hydrogen-bond donors (Lipinski definition) is 2. The van der Waals surface area contributed by atoms with E-state index in [1.807, 2.05) is 13.8 Å². The molecule has 2 fully saturated rings. The van der Waals surface area contributed by atoms with Gasteiger partial charge in [0.05, 0.1) is 12.0 Å². The predicted octanol–water partition coefficient (Wildman–Crippen LogP) is 2.75. The number of nitrogens with two attached hydrogens (primary N) is 1. The summed E-state index contributed by atoms with van der Waals surface area (Å²) in [4.78, 5) is 19.1. The minimum absolute atomic E-state index is 0.0590. The van der Waals surface area contributed by atoms with E-state index in [-0.39, 0.29) is 34.9 Å². The van der Waals surface area contributed by atoms with Crippen LogP contribution in [0, 0.1) is 0 Å². The fourth-order valence-electron chi connectivity index (χ4n) is 3.79. The van der Waals surface area contributed by atoms with Crippen molar-refractivity contribution in [2.75, 3.05) is 12.3 Å². The van der Waals surface area contributed by atoms with E-state index in [9.17, 15) is 4.79 Å². The van der Waals surface area contributed by atoms with Crippen LogP contribution in [0.2, 0.25) is 18.1 Å². The number of H-pyrrole nitrogens is 1. The van der Waals surface area contributed by atoms with Crippen molar-refractivity contribution in [3.8, 4) is 0 Å². The number of fused-ring (bicyclic) bond motifs is 2. The second-order valence-electron chi connectivity index (χ2n) is 10.1. The number of nitrogens with zero attached hydrogens (tertiary/aromatic N) is 2. The Bertz CT molecular complexity index is 1010. The molecule has 0 spiro atoms. The van der Waals surface area contributed by atoms with Crippen LogP contribution in [0.15, 0.2) is 17.1 Å². The van der Waals surface area contributed by atoms with Gasteiger partial charge in [-0.25, -0.2) is 0 Å². The summed E-state index contributed by atoms with van der Waals surface area (Å²) >= 11 is 0. The van der Waals surface area contributed by atoms with E-state index < -0.39 is 20.3 Å². The van der Waals surface area contributed by atoms with Crippen LogP contribution < -0.4 is 11.3 Å². The third-order valence-corrected chi connectivity index (χ3v) is 10.9. The molecule has 0 bridgehead atoms. The average Bonchev–Trinajstić information content (AvgIpc) is 3.23. The van der Waals surface area contributed by atoms with Crippen LogP contribution >= 0.6 is 0 Å². The molecule has 9 nitrogen and oxygen atoms in total. The fraction of sp³-hybridized carbons (Fsp3) is 0.700. The molecule has 2 aliphatic rings. The van der Waals surface area contributed by atoms with Gasteiger partial charge in [-0.05, 0) is 38.0 Å². The Morgan fingerprint density at radius 1 is 1.30 bits per heavy atom. The first-order chi connectivity index (χ1) is 13.8. The zero-order valence-corrected chi connectivity index (χ0v) is 19.7. The third kappa shape index (κ3) is 3.60. The quantitative estimate of drug-likeness (QED) is 0.708. The number of ether oxygens (including phenoxy) is 3. The molecule has 0 radical (unpaired) electrons. The largest absolute Gasteiger partial charge is 0.414 e. The number of rotatable bonds is 4. The minimum Gasteiger partial charge on any atom is -0.414 e.